The van der Waals surface area contributed by atoms with Crippen LogP contribution in [0.25, 0.3) is 0 Å². The van der Waals surface area contributed by atoms with Gasteiger partial charge in [-0.15, -0.1) is 0 Å². The number of piperidine rings is 1. The smallest absolute Gasteiger partial charge is 0.268 e. The van der Waals surface area contributed by atoms with E-state index in [0.717, 1.165) is 24.5 Å². The maximum Gasteiger partial charge on any atom is 0.268 e. The lowest BCUT2D eigenvalue weighted by Gasteiger charge is -2.38. The second-order valence-electron chi connectivity index (χ2n) is 5.57. The summed E-state index contributed by atoms with van der Waals surface area (Å²) in [5.74, 6) is 0.399. The zero-order chi connectivity index (χ0) is 14.9. The van der Waals surface area contributed by atoms with Gasteiger partial charge >= 0.3 is 0 Å². The fourth-order valence-corrected chi connectivity index (χ4v) is 3.67. The highest BCUT2D eigenvalue weighted by atomic mass is 32.1. The van der Waals surface area contributed by atoms with Crippen molar-refractivity contribution in [3.8, 4) is 0 Å². The first-order valence-corrected chi connectivity index (χ1v) is 8.07. The van der Waals surface area contributed by atoms with E-state index in [-0.39, 0.29) is 18.0 Å². The molecule has 0 aliphatic carbocycles. The zero-order valence-corrected chi connectivity index (χ0v) is 13.5. The van der Waals surface area contributed by atoms with Crippen LogP contribution in [0.4, 0.5) is 10.9 Å². The topological polar surface area (TPSA) is 62.5 Å². The number of hydrogen-bond acceptors (Lipinski definition) is 5. The molecule has 1 aromatic heterocycles. The first-order valence-electron chi connectivity index (χ1n) is 7.25. The Labute approximate surface area is 124 Å². The molecular weight excluding hydrogens is 272 g/mol. The minimum Gasteiger partial charge on any atom is -0.382 e. The molecule has 1 aromatic rings. The van der Waals surface area contributed by atoms with Gasteiger partial charge in [-0.2, -0.15) is 0 Å². The molecule has 0 radical (unpaired) electrons. The number of anilines is 2. The van der Waals surface area contributed by atoms with Crippen molar-refractivity contribution in [2.24, 2.45) is 0 Å². The molecule has 5 nitrogen and oxygen atoms in total. The number of carbonyl (C=O) groups is 1. The van der Waals surface area contributed by atoms with Gasteiger partial charge in [0.25, 0.3) is 5.91 Å². The summed E-state index contributed by atoms with van der Waals surface area (Å²) in [4.78, 5) is 21.6. The van der Waals surface area contributed by atoms with Crippen molar-refractivity contribution in [1.29, 1.82) is 0 Å². The first kappa shape index (κ1) is 15.1. The molecule has 2 N–H and O–H groups in total. The predicted molar refractivity (Wildman–Crippen MR) is 84.4 cm³/mol. The number of nitrogens with two attached hydrogens (primary N) is 1. The highest BCUT2D eigenvalue weighted by Crippen LogP contribution is 2.32. The molecule has 0 aromatic carbocycles. The maximum absolute atomic E-state index is 12.8. The van der Waals surface area contributed by atoms with Gasteiger partial charge in [-0.25, -0.2) is 4.98 Å². The SMILES string of the molecule is CCN(C)c1nc(N)c(C(=O)N2[C@H](C)CCC[C@@H]2C)s1. The molecule has 2 atom stereocenters. The number of nitrogens with zero attached hydrogens (tertiary/aromatic N) is 3. The Balaban J connectivity index is 2.26. The van der Waals surface area contributed by atoms with E-state index in [2.05, 4.69) is 18.8 Å². The Kier molecular flexibility index (Phi) is 4.52. The number of hydrogen-bond donors (Lipinski definition) is 1. The quantitative estimate of drug-likeness (QED) is 0.931. The van der Waals surface area contributed by atoms with E-state index in [1.54, 1.807) is 0 Å². The minimum absolute atomic E-state index is 0.0375. The Morgan fingerprint density at radius 2 is 2.05 bits per heavy atom. The highest BCUT2D eigenvalue weighted by molar-refractivity contribution is 7.18. The van der Waals surface area contributed by atoms with E-state index in [1.165, 1.54) is 17.8 Å². The van der Waals surface area contributed by atoms with E-state index < -0.39 is 0 Å². The number of likely N-dealkylation sites (tertiary alicyclic amines) is 1. The van der Waals surface area contributed by atoms with E-state index in [4.69, 9.17) is 5.73 Å². The fourth-order valence-electron chi connectivity index (χ4n) is 2.71. The number of rotatable bonds is 3. The van der Waals surface area contributed by atoms with E-state index in [9.17, 15) is 4.79 Å². The van der Waals surface area contributed by atoms with Gasteiger partial charge < -0.3 is 15.5 Å². The Morgan fingerprint density at radius 1 is 1.45 bits per heavy atom. The molecule has 0 unspecified atom stereocenters. The number of carbonyl (C=O) groups excluding carboxylic acids is 1. The van der Waals surface area contributed by atoms with Crippen LogP contribution < -0.4 is 10.6 Å². The van der Waals surface area contributed by atoms with E-state index in [0.29, 0.717) is 10.7 Å². The number of nitrogen functional groups attached to an aromatic ring is 1. The summed E-state index contributed by atoms with van der Waals surface area (Å²) >= 11 is 1.40. The number of thiazole rings is 1. The van der Waals surface area contributed by atoms with Crippen molar-refractivity contribution in [1.82, 2.24) is 9.88 Å². The summed E-state index contributed by atoms with van der Waals surface area (Å²) in [6.45, 7) is 7.12. The van der Waals surface area contributed by atoms with E-state index in [1.807, 2.05) is 23.8 Å². The van der Waals surface area contributed by atoms with Crippen LogP contribution >= 0.6 is 11.3 Å². The molecule has 6 heteroatoms. The van der Waals surface area contributed by atoms with Crippen LogP contribution in [0.3, 0.4) is 0 Å². The normalized spacial score (nSPS) is 22.9. The molecule has 0 bridgehead atoms. The van der Waals surface area contributed by atoms with Gasteiger partial charge in [0.1, 0.15) is 10.7 Å². The fraction of sp³-hybridized carbons (Fsp3) is 0.714. The number of aromatic nitrogens is 1. The summed E-state index contributed by atoms with van der Waals surface area (Å²) in [5, 5.41) is 0.811. The molecule has 1 aliphatic heterocycles. The zero-order valence-electron chi connectivity index (χ0n) is 12.7. The Hall–Kier alpha value is -1.30. The van der Waals surface area contributed by atoms with Crippen LogP contribution in [0.2, 0.25) is 0 Å². The molecular formula is C14H24N4OS. The lowest BCUT2D eigenvalue weighted by atomic mass is 9.97. The summed E-state index contributed by atoms with van der Waals surface area (Å²) in [6.07, 6.45) is 3.32. The van der Waals surface area contributed by atoms with Gasteiger partial charge in [0.15, 0.2) is 5.13 Å². The first-order chi connectivity index (χ1) is 9.45. The van der Waals surface area contributed by atoms with Crippen molar-refractivity contribution in [2.75, 3.05) is 24.2 Å². The average molecular weight is 296 g/mol. The minimum atomic E-state index is 0.0375. The molecule has 1 fully saturated rings. The highest BCUT2D eigenvalue weighted by Gasteiger charge is 2.32. The van der Waals surface area contributed by atoms with E-state index >= 15 is 0 Å². The Morgan fingerprint density at radius 3 is 2.60 bits per heavy atom. The third-order valence-corrected chi connectivity index (χ3v) is 5.24. The largest absolute Gasteiger partial charge is 0.382 e. The van der Waals surface area contributed by atoms with Crippen molar-refractivity contribution in [2.45, 2.75) is 52.1 Å². The lowest BCUT2D eigenvalue weighted by molar-refractivity contribution is 0.0516. The third kappa shape index (κ3) is 2.75. The standard InChI is InChI=1S/C14H24N4OS/c1-5-17(4)14-16-12(15)11(20-14)13(19)18-9(2)7-6-8-10(18)3/h9-10H,5-8,15H2,1-4H3/t9-,10+. The van der Waals surface area contributed by atoms with Crippen molar-refractivity contribution in [3.05, 3.63) is 4.88 Å². The van der Waals surface area contributed by atoms with Crippen LogP contribution in [0.1, 0.15) is 49.7 Å². The maximum atomic E-state index is 12.8. The predicted octanol–water partition coefficient (Wildman–Crippen LogP) is 2.58. The summed E-state index contributed by atoms with van der Waals surface area (Å²) in [6, 6.07) is 0.556. The van der Waals surface area contributed by atoms with Crippen molar-refractivity contribution >= 4 is 28.2 Å². The molecule has 0 saturated carbocycles. The molecule has 2 rings (SSSR count). The average Bonchev–Trinajstić information content (AvgIpc) is 2.79. The van der Waals surface area contributed by atoms with Gasteiger partial charge in [0.05, 0.1) is 0 Å². The van der Waals surface area contributed by atoms with Gasteiger partial charge in [-0.05, 0) is 40.0 Å². The van der Waals surface area contributed by atoms with Crippen molar-refractivity contribution in [3.63, 3.8) is 0 Å². The summed E-state index contributed by atoms with van der Waals surface area (Å²) in [5.41, 5.74) is 5.96. The molecule has 2 heterocycles. The van der Waals surface area contributed by atoms with Crippen LogP contribution in [-0.4, -0.2) is 41.5 Å². The molecule has 1 aliphatic rings. The molecule has 20 heavy (non-hydrogen) atoms. The Bertz CT molecular complexity index is 478. The van der Waals surface area contributed by atoms with Gasteiger partial charge in [-0.1, -0.05) is 11.3 Å². The van der Waals surface area contributed by atoms with Crippen molar-refractivity contribution < 1.29 is 4.79 Å². The van der Waals surface area contributed by atoms with Crippen LogP contribution in [-0.2, 0) is 0 Å². The third-order valence-electron chi connectivity index (χ3n) is 4.07. The second kappa shape index (κ2) is 5.99. The monoisotopic (exact) mass is 296 g/mol. The van der Waals surface area contributed by atoms with Gasteiger partial charge in [-0.3, -0.25) is 4.79 Å². The molecule has 1 amide bonds. The van der Waals surface area contributed by atoms with Crippen LogP contribution in [0.15, 0.2) is 0 Å². The summed E-state index contributed by atoms with van der Waals surface area (Å²) < 4.78 is 0. The summed E-state index contributed by atoms with van der Waals surface area (Å²) in [7, 11) is 1.96. The molecule has 1 saturated heterocycles. The number of amides is 1. The van der Waals surface area contributed by atoms with Crippen LogP contribution in [0, 0.1) is 0 Å². The van der Waals surface area contributed by atoms with Gasteiger partial charge in [0, 0.05) is 25.7 Å². The van der Waals surface area contributed by atoms with Gasteiger partial charge in [0.2, 0.25) is 0 Å². The molecule has 112 valence electrons. The lowest BCUT2D eigenvalue weighted by Crippen LogP contribution is -2.47. The second-order valence-corrected chi connectivity index (χ2v) is 6.54. The molecule has 0 spiro atoms. The van der Waals surface area contributed by atoms with Crippen LogP contribution in [0.5, 0.6) is 0 Å².